The van der Waals surface area contributed by atoms with E-state index in [2.05, 4.69) is 15.3 Å². The maximum Gasteiger partial charge on any atom is 0.228 e. The first-order valence-electron chi connectivity index (χ1n) is 9.30. The standard InChI is InChI=1S/C22H20N6O/c1-13(2)21(29)26-20-18-19(27-22(23)28-20)25-17(15-11-7-4-8-12-15)16(24-18)14-9-5-3-6-10-14/h3-13H,1-2H3,(H3,23,25,26,27,28,29). The highest BCUT2D eigenvalue weighted by Crippen LogP contribution is 2.32. The summed E-state index contributed by atoms with van der Waals surface area (Å²) in [4.78, 5) is 30.3. The third kappa shape index (κ3) is 3.75. The van der Waals surface area contributed by atoms with E-state index in [1.807, 2.05) is 60.7 Å². The SMILES string of the molecule is CC(C)C(=O)Nc1nc(N)nc2nc(-c3ccccc3)c(-c3ccccc3)nc12. The van der Waals surface area contributed by atoms with Crippen molar-refractivity contribution in [1.29, 1.82) is 0 Å². The van der Waals surface area contributed by atoms with Gasteiger partial charge in [0.15, 0.2) is 17.0 Å². The maximum atomic E-state index is 12.3. The molecular formula is C22H20N6O. The normalized spacial score (nSPS) is 11.0. The summed E-state index contributed by atoms with van der Waals surface area (Å²) in [7, 11) is 0. The quantitative estimate of drug-likeness (QED) is 0.552. The number of carbonyl (C=O) groups is 1. The van der Waals surface area contributed by atoms with Crippen molar-refractivity contribution < 1.29 is 4.79 Å². The highest BCUT2D eigenvalue weighted by atomic mass is 16.1. The summed E-state index contributed by atoms with van der Waals surface area (Å²) in [6, 6.07) is 19.5. The molecule has 0 aliphatic heterocycles. The third-order valence-electron chi connectivity index (χ3n) is 4.41. The molecule has 0 aliphatic carbocycles. The molecule has 4 aromatic rings. The Morgan fingerprint density at radius 1 is 0.828 bits per heavy atom. The molecule has 0 spiro atoms. The molecule has 4 rings (SSSR count). The fourth-order valence-corrected chi connectivity index (χ4v) is 2.91. The van der Waals surface area contributed by atoms with Gasteiger partial charge in [0.1, 0.15) is 0 Å². The number of aromatic nitrogens is 4. The Labute approximate surface area is 168 Å². The van der Waals surface area contributed by atoms with E-state index in [9.17, 15) is 4.79 Å². The van der Waals surface area contributed by atoms with Gasteiger partial charge in [0.25, 0.3) is 0 Å². The molecule has 7 nitrogen and oxygen atoms in total. The van der Waals surface area contributed by atoms with Crippen LogP contribution in [-0.2, 0) is 4.79 Å². The van der Waals surface area contributed by atoms with Crippen LogP contribution in [0.4, 0.5) is 11.8 Å². The van der Waals surface area contributed by atoms with Gasteiger partial charge in [0, 0.05) is 17.0 Å². The van der Waals surface area contributed by atoms with Crippen molar-refractivity contribution >= 4 is 28.8 Å². The third-order valence-corrected chi connectivity index (χ3v) is 4.41. The summed E-state index contributed by atoms with van der Waals surface area (Å²) < 4.78 is 0. The Morgan fingerprint density at radius 3 is 1.93 bits per heavy atom. The number of carbonyl (C=O) groups excluding carboxylic acids is 1. The number of fused-ring (bicyclic) bond motifs is 1. The summed E-state index contributed by atoms with van der Waals surface area (Å²) in [5.74, 6) is -0.112. The molecule has 2 aromatic heterocycles. The number of nitrogens with two attached hydrogens (primary N) is 1. The molecule has 0 radical (unpaired) electrons. The molecule has 0 saturated carbocycles. The predicted octanol–water partition coefficient (Wildman–Crippen LogP) is 3.93. The predicted molar refractivity (Wildman–Crippen MR) is 114 cm³/mol. The first-order chi connectivity index (χ1) is 14.0. The molecule has 7 heteroatoms. The van der Waals surface area contributed by atoms with Crippen molar-refractivity contribution in [3.8, 4) is 22.5 Å². The van der Waals surface area contributed by atoms with E-state index in [0.29, 0.717) is 22.6 Å². The molecule has 29 heavy (non-hydrogen) atoms. The molecule has 0 saturated heterocycles. The van der Waals surface area contributed by atoms with Gasteiger partial charge in [-0.15, -0.1) is 0 Å². The second-order valence-corrected chi connectivity index (χ2v) is 6.90. The zero-order valence-electron chi connectivity index (χ0n) is 16.1. The Bertz CT molecular complexity index is 1180. The van der Waals surface area contributed by atoms with E-state index in [0.717, 1.165) is 11.1 Å². The van der Waals surface area contributed by atoms with Gasteiger partial charge in [-0.1, -0.05) is 74.5 Å². The molecule has 0 fully saturated rings. The number of benzene rings is 2. The van der Waals surface area contributed by atoms with Crippen LogP contribution in [0, 0.1) is 5.92 Å². The average Bonchev–Trinajstić information content (AvgIpc) is 2.74. The van der Waals surface area contributed by atoms with E-state index in [-0.39, 0.29) is 23.6 Å². The van der Waals surface area contributed by atoms with Gasteiger partial charge in [-0.2, -0.15) is 9.97 Å². The molecule has 1 amide bonds. The van der Waals surface area contributed by atoms with Crippen molar-refractivity contribution in [3.63, 3.8) is 0 Å². The van der Waals surface area contributed by atoms with Gasteiger partial charge in [-0.05, 0) is 0 Å². The van der Waals surface area contributed by atoms with Gasteiger partial charge in [0.2, 0.25) is 11.9 Å². The van der Waals surface area contributed by atoms with Crippen molar-refractivity contribution in [1.82, 2.24) is 19.9 Å². The number of hydrogen-bond acceptors (Lipinski definition) is 6. The number of amides is 1. The van der Waals surface area contributed by atoms with Crippen LogP contribution in [0.3, 0.4) is 0 Å². The second-order valence-electron chi connectivity index (χ2n) is 6.90. The lowest BCUT2D eigenvalue weighted by atomic mass is 10.0. The topological polar surface area (TPSA) is 107 Å². The molecular weight excluding hydrogens is 364 g/mol. The largest absolute Gasteiger partial charge is 0.368 e. The van der Waals surface area contributed by atoms with Crippen molar-refractivity contribution in [2.45, 2.75) is 13.8 Å². The first kappa shape index (κ1) is 18.5. The smallest absolute Gasteiger partial charge is 0.228 e. The Hall–Kier alpha value is -3.87. The van der Waals surface area contributed by atoms with Gasteiger partial charge in [-0.25, -0.2) is 9.97 Å². The van der Waals surface area contributed by atoms with E-state index >= 15 is 0 Å². The maximum absolute atomic E-state index is 12.3. The van der Waals surface area contributed by atoms with E-state index in [1.54, 1.807) is 13.8 Å². The lowest BCUT2D eigenvalue weighted by Crippen LogP contribution is -2.19. The van der Waals surface area contributed by atoms with Crippen LogP contribution in [-0.4, -0.2) is 25.8 Å². The summed E-state index contributed by atoms with van der Waals surface area (Å²) in [5, 5.41) is 2.79. The molecule has 2 heterocycles. The fraction of sp³-hybridized carbons (Fsp3) is 0.136. The second kappa shape index (κ2) is 7.63. The molecule has 0 unspecified atom stereocenters. The zero-order chi connectivity index (χ0) is 20.4. The molecule has 0 aliphatic rings. The van der Waals surface area contributed by atoms with E-state index in [1.165, 1.54) is 0 Å². The summed E-state index contributed by atoms with van der Waals surface area (Å²) in [6.07, 6.45) is 0. The number of nitrogens with zero attached hydrogens (tertiary/aromatic N) is 4. The number of nitrogen functional groups attached to an aromatic ring is 1. The van der Waals surface area contributed by atoms with Gasteiger partial charge < -0.3 is 11.1 Å². The number of rotatable bonds is 4. The highest BCUT2D eigenvalue weighted by molar-refractivity contribution is 5.99. The molecule has 2 aromatic carbocycles. The van der Waals surface area contributed by atoms with E-state index < -0.39 is 0 Å². The lowest BCUT2D eigenvalue weighted by molar-refractivity contribution is -0.118. The highest BCUT2D eigenvalue weighted by Gasteiger charge is 2.19. The van der Waals surface area contributed by atoms with Gasteiger partial charge >= 0.3 is 0 Å². The summed E-state index contributed by atoms with van der Waals surface area (Å²) in [6.45, 7) is 3.60. The minimum Gasteiger partial charge on any atom is -0.368 e. The summed E-state index contributed by atoms with van der Waals surface area (Å²) >= 11 is 0. The Morgan fingerprint density at radius 2 is 1.38 bits per heavy atom. The van der Waals surface area contributed by atoms with Crippen LogP contribution < -0.4 is 11.1 Å². The number of anilines is 2. The Balaban J connectivity index is 1.99. The van der Waals surface area contributed by atoms with Gasteiger partial charge in [-0.3, -0.25) is 4.79 Å². The summed E-state index contributed by atoms with van der Waals surface area (Å²) in [5.41, 5.74) is 9.77. The molecule has 3 N–H and O–H groups in total. The Kier molecular flexibility index (Phi) is 4.87. The van der Waals surface area contributed by atoms with Crippen molar-refractivity contribution in [3.05, 3.63) is 60.7 Å². The van der Waals surface area contributed by atoms with Crippen LogP contribution in [0.5, 0.6) is 0 Å². The monoisotopic (exact) mass is 384 g/mol. The van der Waals surface area contributed by atoms with Gasteiger partial charge in [0.05, 0.1) is 11.4 Å². The first-order valence-corrected chi connectivity index (χ1v) is 9.30. The van der Waals surface area contributed by atoms with Crippen molar-refractivity contribution in [2.24, 2.45) is 5.92 Å². The average molecular weight is 384 g/mol. The number of hydrogen-bond donors (Lipinski definition) is 2. The minimum atomic E-state index is -0.216. The van der Waals surface area contributed by atoms with Crippen LogP contribution in [0.2, 0.25) is 0 Å². The van der Waals surface area contributed by atoms with Crippen molar-refractivity contribution in [2.75, 3.05) is 11.1 Å². The minimum absolute atomic E-state index is 0.0253. The van der Waals surface area contributed by atoms with E-state index in [4.69, 9.17) is 15.7 Å². The molecule has 0 bridgehead atoms. The molecule has 144 valence electrons. The molecule has 0 atom stereocenters. The zero-order valence-corrected chi connectivity index (χ0v) is 16.1. The number of nitrogens with one attached hydrogen (secondary N) is 1. The van der Waals surface area contributed by atoms with Crippen LogP contribution in [0.25, 0.3) is 33.7 Å². The lowest BCUT2D eigenvalue weighted by Gasteiger charge is -2.13. The van der Waals surface area contributed by atoms with Crippen LogP contribution >= 0.6 is 0 Å². The fourth-order valence-electron chi connectivity index (χ4n) is 2.91. The van der Waals surface area contributed by atoms with Crippen LogP contribution in [0.15, 0.2) is 60.7 Å². The van der Waals surface area contributed by atoms with Crippen LogP contribution in [0.1, 0.15) is 13.8 Å².